The second-order valence-electron chi connectivity index (χ2n) is 6.97. The normalized spacial score (nSPS) is 18.4. The fourth-order valence-corrected chi connectivity index (χ4v) is 2.52. The SMILES string of the molecule is Cc1ccnc(NC(=O)[C@H]2CCCN(C(=O)OC(C)(C)C)C2)c1. The summed E-state index contributed by atoms with van der Waals surface area (Å²) in [5, 5.41) is 2.83. The Bertz CT molecular complexity index is 581. The lowest BCUT2D eigenvalue weighted by Crippen LogP contribution is -2.45. The molecule has 126 valence electrons. The molecule has 0 aromatic carbocycles. The molecule has 1 aromatic heterocycles. The molecule has 1 aliphatic rings. The maximum Gasteiger partial charge on any atom is 0.410 e. The molecule has 2 amide bonds. The Morgan fingerprint density at radius 3 is 2.78 bits per heavy atom. The zero-order valence-corrected chi connectivity index (χ0v) is 14.3. The third-order valence-corrected chi connectivity index (χ3v) is 3.61. The van der Waals surface area contributed by atoms with Crippen LogP contribution in [0.5, 0.6) is 0 Å². The van der Waals surface area contributed by atoms with Gasteiger partial charge in [0.15, 0.2) is 0 Å². The predicted octanol–water partition coefficient (Wildman–Crippen LogP) is 2.98. The van der Waals surface area contributed by atoms with Crippen molar-refractivity contribution in [2.24, 2.45) is 5.92 Å². The third-order valence-electron chi connectivity index (χ3n) is 3.61. The average molecular weight is 319 g/mol. The van der Waals surface area contributed by atoms with Gasteiger partial charge in [0.05, 0.1) is 5.92 Å². The van der Waals surface area contributed by atoms with Gasteiger partial charge in [0.1, 0.15) is 11.4 Å². The minimum Gasteiger partial charge on any atom is -0.444 e. The number of amides is 2. The van der Waals surface area contributed by atoms with Crippen molar-refractivity contribution < 1.29 is 14.3 Å². The molecule has 0 unspecified atom stereocenters. The fraction of sp³-hybridized carbons (Fsp3) is 0.588. The number of aromatic nitrogens is 1. The fourth-order valence-electron chi connectivity index (χ4n) is 2.52. The summed E-state index contributed by atoms with van der Waals surface area (Å²) in [5.74, 6) is 0.208. The topological polar surface area (TPSA) is 71.5 Å². The van der Waals surface area contributed by atoms with Gasteiger partial charge < -0.3 is 15.0 Å². The number of pyridine rings is 1. The van der Waals surface area contributed by atoms with Gasteiger partial charge in [-0.25, -0.2) is 9.78 Å². The Labute approximate surface area is 137 Å². The molecular formula is C17H25N3O3. The van der Waals surface area contributed by atoms with Crippen molar-refractivity contribution in [1.82, 2.24) is 9.88 Å². The van der Waals surface area contributed by atoms with E-state index in [1.807, 2.05) is 39.8 Å². The number of likely N-dealkylation sites (tertiary alicyclic amines) is 1. The number of ether oxygens (including phenoxy) is 1. The summed E-state index contributed by atoms with van der Waals surface area (Å²) in [4.78, 5) is 30.3. The van der Waals surface area contributed by atoms with Crippen molar-refractivity contribution >= 4 is 17.8 Å². The first-order chi connectivity index (χ1) is 10.7. The first-order valence-corrected chi connectivity index (χ1v) is 7.96. The highest BCUT2D eigenvalue weighted by Crippen LogP contribution is 2.20. The number of rotatable bonds is 2. The van der Waals surface area contributed by atoms with Gasteiger partial charge in [-0.3, -0.25) is 4.79 Å². The van der Waals surface area contributed by atoms with E-state index in [0.29, 0.717) is 18.9 Å². The number of aryl methyl sites for hydroxylation is 1. The smallest absolute Gasteiger partial charge is 0.410 e. The predicted molar refractivity (Wildman–Crippen MR) is 88.1 cm³/mol. The molecule has 1 N–H and O–H groups in total. The molecule has 1 aliphatic heterocycles. The Kier molecular flexibility index (Phi) is 5.23. The van der Waals surface area contributed by atoms with E-state index < -0.39 is 5.60 Å². The molecule has 1 atom stereocenters. The van der Waals surface area contributed by atoms with E-state index in [0.717, 1.165) is 18.4 Å². The van der Waals surface area contributed by atoms with Gasteiger partial charge in [-0.05, 0) is 58.2 Å². The first-order valence-electron chi connectivity index (χ1n) is 7.96. The van der Waals surface area contributed by atoms with E-state index >= 15 is 0 Å². The van der Waals surface area contributed by atoms with Crippen molar-refractivity contribution in [3.05, 3.63) is 23.9 Å². The number of nitrogens with zero attached hydrogens (tertiary/aromatic N) is 2. The maximum absolute atomic E-state index is 12.4. The second kappa shape index (κ2) is 6.98. The van der Waals surface area contributed by atoms with Gasteiger partial charge in [-0.15, -0.1) is 0 Å². The highest BCUT2D eigenvalue weighted by Gasteiger charge is 2.31. The molecule has 0 aliphatic carbocycles. The number of piperidine rings is 1. The molecule has 0 spiro atoms. The molecule has 6 nitrogen and oxygen atoms in total. The van der Waals surface area contributed by atoms with Crippen LogP contribution < -0.4 is 5.32 Å². The highest BCUT2D eigenvalue weighted by molar-refractivity contribution is 5.92. The van der Waals surface area contributed by atoms with E-state index in [9.17, 15) is 9.59 Å². The monoisotopic (exact) mass is 319 g/mol. The van der Waals surface area contributed by atoms with Crippen LogP contribution in [-0.2, 0) is 9.53 Å². The lowest BCUT2D eigenvalue weighted by atomic mass is 9.97. The van der Waals surface area contributed by atoms with Gasteiger partial charge in [-0.1, -0.05) is 0 Å². The van der Waals surface area contributed by atoms with Crippen molar-refractivity contribution in [2.45, 2.75) is 46.1 Å². The summed E-state index contributed by atoms with van der Waals surface area (Å²) in [6.07, 6.45) is 2.86. The molecule has 1 saturated heterocycles. The molecule has 6 heteroatoms. The largest absolute Gasteiger partial charge is 0.444 e. The minimum atomic E-state index is -0.530. The number of carbonyl (C=O) groups is 2. The molecule has 2 rings (SSSR count). The van der Waals surface area contributed by atoms with Gasteiger partial charge in [0.25, 0.3) is 0 Å². The number of anilines is 1. The Morgan fingerprint density at radius 2 is 2.13 bits per heavy atom. The van der Waals surface area contributed by atoms with Crippen LogP contribution in [0, 0.1) is 12.8 Å². The van der Waals surface area contributed by atoms with Crippen molar-refractivity contribution in [3.8, 4) is 0 Å². The van der Waals surface area contributed by atoms with Crippen LogP contribution in [0.25, 0.3) is 0 Å². The highest BCUT2D eigenvalue weighted by atomic mass is 16.6. The molecule has 0 radical (unpaired) electrons. The zero-order chi connectivity index (χ0) is 17.0. The molecule has 23 heavy (non-hydrogen) atoms. The minimum absolute atomic E-state index is 0.101. The van der Waals surface area contributed by atoms with E-state index in [1.165, 1.54) is 0 Å². The van der Waals surface area contributed by atoms with Gasteiger partial charge in [-0.2, -0.15) is 0 Å². The summed E-state index contributed by atoms with van der Waals surface area (Å²) >= 11 is 0. The summed E-state index contributed by atoms with van der Waals surface area (Å²) in [6.45, 7) is 8.46. The molecule has 0 bridgehead atoms. The summed E-state index contributed by atoms with van der Waals surface area (Å²) < 4.78 is 5.38. The maximum atomic E-state index is 12.4. The van der Waals surface area contributed by atoms with Crippen LogP contribution in [0.1, 0.15) is 39.2 Å². The van der Waals surface area contributed by atoms with Gasteiger partial charge in [0, 0.05) is 19.3 Å². The van der Waals surface area contributed by atoms with Crippen LogP contribution in [0.2, 0.25) is 0 Å². The van der Waals surface area contributed by atoms with Crippen LogP contribution in [0.4, 0.5) is 10.6 Å². The average Bonchev–Trinajstić information content (AvgIpc) is 2.45. The van der Waals surface area contributed by atoms with Gasteiger partial charge in [0.2, 0.25) is 5.91 Å². The molecular weight excluding hydrogens is 294 g/mol. The van der Waals surface area contributed by atoms with Crippen molar-refractivity contribution in [3.63, 3.8) is 0 Å². The van der Waals surface area contributed by atoms with E-state index in [2.05, 4.69) is 10.3 Å². The van der Waals surface area contributed by atoms with E-state index in [4.69, 9.17) is 4.74 Å². The lowest BCUT2D eigenvalue weighted by molar-refractivity contribution is -0.121. The van der Waals surface area contributed by atoms with Crippen LogP contribution in [-0.4, -0.2) is 40.6 Å². The Morgan fingerprint density at radius 1 is 1.39 bits per heavy atom. The van der Waals surface area contributed by atoms with Crippen molar-refractivity contribution in [2.75, 3.05) is 18.4 Å². The molecule has 1 fully saturated rings. The summed E-state index contributed by atoms with van der Waals surface area (Å²) in [7, 11) is 0. The number of nitrogens with one attached hydrogen (secondary N) is 1. The standard InChI is InChI=1S/C17H25N3O3/c1-12-7-8-18-14(10-12)19-15(21)13-6-5-9-20(11-13)16(22)23-17(2,3)4/h7-8,10,13H,5-6,9,11H2,1-4H3,(H,18,19,21)/t13-/m0/s1. The molecule has 0 saturated carbocycles. The number of hydrogen-bond donors (Lipinski definition) is 1. The lowest BCUT2D eigenvalue weighted by Gasteiger charge is -2.33. The Hall–Kier alpha value is -2.11. The molecule has 2 heterocycles. The summed E-state index contributed by atoms with van der Waals surface area (Å²) in [5.41, 5.74) is 0.506. The number of carbonyl (C=O) groups excluding carboxylic acids is 2. The zero-order valence-electron chi connectivity index (χ0n) is 14.3. The second-order valence-corrected chi connectivity index (χ2v) is 6.97. The quantitative estimate of drug-likeness (QED) is 0.909. The van der Waals surface area contributed by atoms with Crippen molar-refractivity contribution in [1.29, 1.82) is 0 Å². The van der Waals surface area contributed by atoms with Crippen LogP contribution in [0.3, 0.4) is 0 Å². The number of hydrogen-bond acceptors (Lipinski definition) is 4. The van der Waals surface area contributed by atoms with E-state index in [1.54, 1.807) is 11.1 Å². The molecule has 1 aromatic rings. The van der Waals surface area contributed by atoms with Gasteiger partial charge >= 0.3 is 6.09 Å². The third kappa shape index (κ3) is 5.23. The Balaban J connectivity index is 1.95. The van der Waals surface area contributed by atoms with E-state index in [-0.39, 0.29) is 17.9 Å². The van der Waals surface area contributed by atoms with Crippen LogP contribution >= 0.6 is 0 Å². The van der Waals surface area contributed by atoms with Crippen LogP contribution in [0.15, 0.2) is 18.3 Å². The summed E-state index contributed by atoms with van der Waals surface area (Å²) in [6, 6.07) is 3.70. The first kappa shape index (κ1) is 17.2.